The zero-order valence-corrected chi connectivity index (χ0v) is 18.3. The van der Waals surface area contributed by atoms with Crippen molar-refractivity contribution in [2.75, 3.05) is 13.7 Å². The van der Waals surface area contributed by atoms with Gasteiger partial charge in [-0.3, -0.25) is 10.1 Å². The molecule has 3 rings (SSSR count). The number of nitrogens with one attached hydrogen (secondary N) is 2. The molecular weight excluding hydrogens is 431 g/mol. The van der Waals surface area contributed by atoms with Crippen LogP contribution in [0.2, 0.25) is 0 Å². The number of imide groups is 1. The Morgan fingerprint density at radius 3 is 2.55 bits per heavy atom. The van der Waals surface area contributed by atoms with Gasteiger partial charge in [-0.25, -0.2) is 18.7 Å². The molecule has 2 N–H and O–H groups in total. The van der Waals surface area contributed by atoms with Gasteiger partial charge in [0.2, 0.25) is 0 Å². The van der Waals surface area contributed by atoms with E-state index in [0.29, 0.717) is 23.5 Å². The van der Waals surface area contributed by atoms with Gasteiger partial charge in [-0.1, -0.05) is 12.1 Å². The summed E-state index contributed by atoms with van der Waals surface area (Å²) in [5.41, 5.74) is 1.44. The maximum Gasteiger partial charge on any atom is 0.342 e. The first kappa shape index (κ1) is 23.5. The highest BCUT2D eigenvalue weighted by Crippen LogP contribution is 2.27. The quantitative estimate of drug-likeness (QED) is 0.531. The highest BCUT2D eigenvalue weighted by atomic mass is 19.1. The van der Waals surface area contributed by atoms with Crippen molar-refractivity contribution in [3.63, 3.8) is 0 Å². The Balaban J connectivity index is 1.93. The molecule has 0 spiro atoms. The number of urea groups is 1. The van der Waals surface area contributed by atoms with Gasteiger partial charge in [0.1, 0.15) is 22.8 Å². The number of benzene rings is 2. The molecule has 33 heavy (non-hydrogen) atoms. The second kappa shape index (κ2) is 10.4. The minimum absolute atomic E-state index is 0.0743. The Morgan fingerprint density at radius 2 is 1.88 bits per heavy atom. The van der Waals surface area contributed by atoms with E-state index in [-0.39, 0.29) is 11.3 Å². The third kappa shape index (κ3) is 5.73. The molecule has 1 heterocycles. The number of nitrogens with zero attached hydrogens (tertiary/aromatic N) is 2. The lowest BCUT2D eigenvalue weighted by atomic mass is 10.1. The highest BCUT2D eigenvalue weighted by Gasteiger charge is 2.25. The van der Waals surface area contributed by atoms with Gasteiger partial charge in [0.05, 0.1) is 12.8 Å². The minimum Gasteiger partial charge on any atom is -0.497 e. The van der Waals surface area contributed by atoms with Crippen LogP contribution in [0.25, 0.3) is 16.9 Å². The summed E-state index contributed by atoms with van der Waals surface area (Å²) < 4.78 is 25.3. The summed E-state index contributed by atoms with van der Waals surface area (Å²) in [7, 11) is 1.51. The van der Waals surface area contributed by atoms with Crippen molar-refractivity contribution in [2.45, 2.75) is 20.0 Å². The number of ether oxygens (including phenoxy) is 2. The number of carbonyl (C=O) groups excluding carboxylic acids is 3. The first-order valence-corrected chi connectivity index (χ1v) is 10.1. The van der Waals surface area contributed by atoms with Crippen molar-refractivity contribution in [3.8, 4) is 22.7 Å². The number of hydrogen-bond acceptors (Lipinski definition) is 6. The average molecular weight is 454 g/mol. The fourth-order valence-electron chi connectivity index (χ4n) is 2.93. The molecule has 10 heteroatoms. The van der Waals surface area contributed by atoms with Crippen molar-refractivity contribution >= 4 is 17.9 Å². The van der Waals surface area contributed by atoms with Crippen molar-refractivity contribution in [3.05, 3.63) is 66.1 Å². The maximum absolute atomic E-state index is 13.3. The van der Waals surface area contributed by atoms with Gasteiger partial charge < -0.3 is 14.8 Å². The lowest BCUT2D eigenvalue weighted by molar-refractivity contribution is -0.127. The Hall–Kier alpha value is -4.21. The first-order chi connectivity index (χ1) is 15.8. The van der Waals surface area contributed by atoms with Gasteiger partial charge in [0, 0.05) is 18.3 Å². The van der Waals surface area contributed by atoms with Gasteiger partial charge in [0.15, 0.2) is 6.10 Å². The summed E-state index contributed by atoms with van der Waals surface area (Å²) in [6.07, 6.45) is 0.186. The molecule has 2 aromatic carbocycles. The number of aromatic nitrogens is 2. The lowest BCUT2D eigenvalue weighted by Gasteiger charge is -2.13. The second-order valence-electron chi connectivity index (χ2n) is 6.94. The van der Waals surface area contributed by atoms with Crippen LogP contribution in [0.5, 0.6) is 5.75 Å². The van der Waals surface area contributed by atoms with Crippen LogP contribution in [-0.2, 0) is 9.53 Å². The van der Waals surface area contributed by atoms with E-state index in [2.05, 4.69) is 15.7 Å². The molecule has 0 aliphatic heterocycles. The van der Waals surface area contributed by atoms with Crippen LogP contribution >= 0.6 is 0 Å². The standard InChI is InChI=1S/C23H23FN4O5/c1-4-25-23(31)26-21(29)14(2)33-22(30)19-13-28(17-10-8-16(24)9-11-17)27-20(19)15-6-5-7-18(12-15)32-3/h5-14H,4H2,1-3H3,(H2,25,26,29,31)/t14-/m1/s1. The van der Waals surface area contributed by atoms with Crippen LogP contribution in [0.1, 0.15) is 24.2 Å². The van der Waals surface area contributed by atoms with Gasteiger partial charge in [0.25, 0.3) is 5.91 Å². The Kier molecular flexibility index (Phi) is 7.39. The van der Waals surface area contributed by atoms with E-state index in [1.165, 1.54) is 49.2 Å². The van der Waals surface area contributed by atoms with E-state index in [1.54, 1.807) is 31.2 Å². The number of rotatable bonds is 7. The van der Waals surface area contributed by atoms with E-state index < -0.39 is 29.8 Å². The molecule has 3 aromatic rings. The van der Waals surface area contributed by atoms with Crippen LogP contribution in [0, 0.1) is 5.82 Å². The normalized spacial score (nSPS) is 11.4. The zero-order valence-electron chi connectivity index (χ0n) is 18.3. The number of methoxy groups -OCH3 is 1. The predicted octanol–water partition coefficient (Wildman–Crippen LogP) is 3.08. The Labute approximate surface area is 189 Å². The van der Waals surface area contributed by atoms with Crippen LogP contribution in [0.3, 0.4) is 0 Å². The fourth-order valence-corrected chi connectivity index (χ4v) is 2.93. The zero-order chi connectivity index (χ0) is 24.0. The monoisotopic (exact) mass is 454 g/mol. The predicted molar refractivity (Wildman–Crippen MR) is 118 cm³/mol. The molecule has 3 amide bonds. The van der Waals surface area contributed by atoms with Gasteiger partial charge in [-0.2, -0.15) is 5.10 Å². The Morgan fingerprint density at radius 1 is 1.15 bits per heavy atom. The third-order valence-electron chi connectivity index (χ3n) is 4.60. The van der Waals surface area contributed by atoms with Crippen LogP contribution in [0.4, 0.5) is 9.18 Å². The molecular formula is C23H23FN4O5. The second-order valence-corrected chi connectivity index (χ2v) is 6.94. The first-order valence-electron chi connectivity index (χ1n) is 10.1. The number of amides is 3. The number of hydrogen-bond donors (Lipinski definition) is 2. The molecule has 0 aliphatic carbocycles. The van der Waals surface area contributed by atoms with Crippen LogP contribution < -0.4 is 15.4 Å². The van der Waals surface area contributed by atoms with Crippen LogP contribution in [-0.4, -0.2) is 47.4 Å². The summed E-state index contributed by atoms with van der Waals surface area (Å²) in [6, 6.07) is 11.8. The van der Waals surface area contributed by atoms with Gasteiger partial charge in [-0.05, 0) is 50.2 Å². The van der Waals surface area contributed by atoms with E-state index in [1.807, 2.05) is 0 Å². The van der Waals surface area contributed by atoms with Gasteiger partial charge >= 0.3 is 12.0 Å². The molecule has 0 saturated heterocycles. The smallest absolute Gasteiger partial charge is 0.342 e. The summed E-state index contributed by atoms with van der Waals surface area (Å²) >= 11 is 0. The molecule has 0 aliphatic rings. The topological polar surface area (TPSA) is 112 Å². The summed E-state index contributed by atoms with van der Waals surface area (Å²) in [5, 5.41) is 8.99. The SMILES string of the molecule is CCNC(=O)NC(=O)[C@@H](C)OC(=O)c1cn(-c2ccc(F)cc2)nc1-c1cccc(OC)c1. The van der Waals surface area contributed by atoms with Crippen LogP contribution in [0.15, 0.2) is 54.7 Å². The lowest BCUT2D eigenvalue weighted by Crippen LogP contribution is -2.44. The molecule has 9 nitrogen and oxygen atoms in total. The molecule has 0 radical (unpaired) electrons. The molecule has 0 unspecified atom stereocenters. The number of carbonyl (C=O) groups is 3. The Bertz CT molecular complexity index is 1160. The highest BCUT2D eigenvalue weighted by molar-refractivity contribution is 6.00. The average Bonchev–Trinajstić information content (AvgIpc) is 3.25. The minimum atomic E-state index is -1.24. The summed E-state index contributed by atoms with van der Waals surface area (Å²) in [4.78, 5) is 36.7. The largest absolute Gasteiger partial charge is 0.497 e. The molecule has 0 bridgehead atoms. The summed E-state index contributed by atoms with van der Waals surface area (Å²) in [6.45, 7) is 3.38. The molecule has 0 fully saturated rings. The maximum atomic E-state index is 13.3. The molecule has 1 atom stereocenters. The number of esters is 1. The summed E-state index contributed by atoms with van der Waals surface area (Å²) in [5.74, 6) is -1.45. The molecule has 1 aromatic heterocycles. The van der Waals surface area contributed by atoms with Crippen molar-refractivity contribution in [1.29, 1.82) is 0 Å². The van der Waals surface area contributed by atoms with E-state index in [0.717, 1.165) is 0 Å². The third-order valence-corrected chi connectivity index (χ3v) is 4.60. The van der Waals surface area contributed by atoms with Crippen molar-refractivity contribution in [2.24, 2.45) is 0 Å². The van der Waals surface area contributed by atoms with E-state index in [9.17, 15) is 18.8 Å². The van der Waals surface area contributed by atoms with Crippen molar-refractivity contribution in [1.82, 2.24) is 20.4 Å². The van der Waals surface area contributed by atoms with Gasteiger partial charge in [-0.15, -0.1) is 0 Å². The van der Waals surface area contributed by atoms with E-state index >= 15 is 0 Å². The molecule has 0 saturated carbocycles. The molecule has 172 valence electrons. The fraction of sp³-hybridized carbons (Fsp3) is 0.217. The van der Waals surface area contributed by atoms with Crippen molar-refractivity contribution < 1.29 is 28.2 Å². The number of halogens is 1. The van der Waals surface area contributed by atoms with E-state index in [4.69, 9.17) is 9.47 Å².